The minimum absolute atomic E-state index is 0.0131. The molecule has 188 valence electrons. The van der Waals surface area contributed by atoms with Gasteiger partial charge in [-0.3, -0.25) is 9.59 Å². The van der Waals surface area contributed by atoms with Crippen LogP contribution in [0.3, 0.4) is 0 Å². The molecule has 2 amide bonds. The molecule has 0 aliphatic heterocycles. The lowest BCUT2D eigenvalue weighted by Crippen LogP contribution is -2.53. The third-order valence-corrected chi connectivity index (χ3v) is 4.71. The fourth-order valence-electron chi connectivity index (χ4n) is 3.08. The average molecular weight is 485 g/mol. The van der Waals surface area contributed by atoms with Crippen molar-refractivity contribution in [3.8, 4) is 0 Å². The van der Waals surface area contributed by atoms with E-state index in [1.54, 1.807) is 57.2 Å². The number of nitrogens with one attached hydrogen (secondary N) is 2. The Hall–Kier alpha value is -3.88. The highest BCUT2D eigenvalue weighted by molar-refractivity contribution is 5.92. The Morgan fingerprint density at radius 1 is 0.829 bits per heavy atom. The minimum Gasteiger partial charge on any atom is -0.467 e. The van der Waals surface area contributed by atoms with Gasteiger partial charge in [0.2, 0.25) is 5.91 Å². The van der Waals surface area contributed by atoms with E-state index in [2.05, 4.69) is 10.6 Å². The summed E-state index contributed by atoms with van der Waals surface area (Å²) in [6.07, 6.45) is -1.18. The minimum atomic E-state index is -1.34. The van der Waals surface area contributed by atoms with E-state index < -0.39 is 48.0 Å². The van der Waals surface area contributed by atoms with Crippen LogP contribution in [0.1, 0.15) is 38.3 Å². The molecule has 9 heteroatoms. The fraction of sp³-hybridized carbons (Fsp3) is 0.385. The number of rotatable bonds is 10. The lowest BCUT2D eigenvalue weighted by atomic mass is 10.1. The maximum absolute atomic E-state index is 13.1. The second-order valence-electron chi connectivity index (χ2n) is 8.82. The van der Waals surface area contributed by atoms with E-state index in [-0.39, 0.29) is 13.0 Å². The zero-order valence-electron chi connectivity index (χ0n) is 20.4. The molecule has 0 radical (unpaired) electrons. The lowest BCUT2D eigenvalue weighted by molar-refractivity contribution is -0.147. The van der Waals surface area contributed by atoms with E-state index in [0.717, 1.165) is 11.1 Å². The standard InChI is InChI=1S/C26H32N2O7/c1-26(2,3)35-25(32)28-20(16-22(29)34-17-19-13-9-6-10-14-19)23(30)27-21(24(31)33-4)15-18-11-7-5-8-12-18/h5-14,20-21H,15-17H2,1-4H3,(H,27,30)(H,28,32)/t20-,21+/m1/s1. The Morgan fingerprint density at radius 3 is 1.94 bits per heavy atom. The summed E-state index contributed by atoms with van der Waals surface area (Å²) in [7, 11) is 1.21. The van der Waals surface area contributed by atoms with Crippen molar-refractivity contribution in [1.29, 1.82) is 0 Å². The number of alkyl carbamates (subject to hydrolysis) is 1. The van der Waals surface area contributed by atoms with Crippen molar-refractivity contribution in [3.05, 3.63) is 71.8 Å². The summed E-state index contributed by atoms with van der Waals surface area (Å²) in [6.45, 7) is 5.02. The molecular formula is C26H32N2O7. The predicted molar refractivity (Wildman–Crippen MR) is 128 cm³/mol. The highest BCUT2D eigenvalue weighted by atomic mass is 16.6. The summed E-state index contributed by atoms with van der Waals surface area (Å²) in [6, 6.07) is 15.7. The quantitative estimate of drug-likeness (QED) is 0.393. The van der Waals surface area contributed by atoms with Gasteiger partial charge in [-0.2, -0.15) is 0 Å². The number of carbonyl (C=O) groups excluding carboxylic acids is 4. The zero-order chi connectivity index (χ0) is 25.8. The molecule has 0 saturated heterocycles. The van der Waals surface area contributed by atoms with Crippen LogP contribution < -0.4 is 10.6 Å². The summed E-state index contributed by atoms with van der Waals surface area (Å²) in [5.41, 5.74) is 0.749. The molecule has 2 aromatic carbocycles. The van der Waals surface area contributed by atoms with Gasteiger partial charge in [0.15, 0.2) is 0 Å². The maximum Gasteiger partial charge on any atom is 0.408 e. The van der Waals surface area contributed by atoms with E-state index in [9.17, 15) is 19.2 Å². The molecule has 0 spiro atoms. The summed E-state index contributed by atoms with van der Waals surface area (Å²) >= 11 is 0. The van der Waals surface area contributed by atoms with Gasteiger partial charge in [-0.25, -0.2) is 9.59 Å². The number of esters is 2. The molecule has 2 atom stereocenters. The lowest BCUT2D eigenvalue weighted by Gasteiger charge is -2.24. The molecule has 0 heterocycles. The molecule has 0 aromatic heterocycles. The maximum atomic E-state index is 13.1. The SMILES string of the molecule is COC(=O)[C@H](Cc1ccccc1)NC(=O)[C@@H](CC(=O)OCc1ccccc1)NC(=O)OC(C)(C)C. The van der Waals surface area contributed by atoms with E-state index >= 15 is 0 Å². The van der Waals surface area contributed by atoms with Gasteiger partial charge in [-0.05, 0) is 31.9 Å². The molecule has 0 aliphatic rings. The molecule has 2 aromatic rings. The number of benzene rings is 2. The second-order valence-corrected chi connectivity index (χ2v) is 8.82. The van der Waals surface area contributed by atoms with Crippen LogP contribution in [0.5, 0.6) is 0 Å². The number of amides is 2. The topological polar surface area (TPSA) is 120 Å². The van der Waals surface area contributed by atoms with Gasteiger partial charge in [0.1, 0.15) is 24.3 Å². The fourth-order valence-corrected chi connectivity index (χ4v) is 3.08. The largest absolute Gasteiger partial charge is 0.467 e. The third-order valence-electron chi connectivity index (χ3n) is 4.71. The number of methoxy groups -OCH3 is 1. The number of carbonyl (C=O) groups is 4. The zero-order valence-corrected chi connectivity index (χ0v) is 20.4. The normalized spacial score (nSPS) is 12.6. The molecule has 35 heavy (non-hydrogen) atoms. The van der Waals surface area contributed by atoms with Crippen LogP contribution in [0.2, 0.25) is 0 Å². The molecule has 0 fully saturated rings. The number of hydrogen-bond donors (Lipinski definition) is 2. The Morgan fingerprint density at radius 2 is 1.40 bits per heavy atom. The van der Waals surface area contributed by atoms with Crippen LogP contribution in [-0.4, -0.2) is 48.7 Å². The first-order valence-corrected chi connectivity index (χ1v) is 11.2. The Bertz CT molecular complexity index is 988. The molecular weight excluding hydrogens is 452 g/mol. The highest BCUT2D eigenvalue weighted by Crippen LogP contribution is 2.10. The second kappa shape index (κ2) is 13.1. The first-order chi connectivity index (χ1) is 16.6. The highest BCUT2D eigenvalue weighted by Gasteiger charge is 2.31. The monoisotopic (exact) mass is 484 g/mol. The first-order valence-electron chi connectivity index (χ1n) is 11.2. The Kier molecular flexibility index (Phi) is 10.3. The van der Waals surface area contributed by atoms with E-state index in [1.165, 1.54) is 7.11 Å². The number of hydrogen-bond acceptors (Lipinski definition) is 7. The summed E-state index contributed by atoms with van der Waals surface area (Å²) in [4.78, 5) is 50.2. The van der Waals surface area contributed by atoms with Gasteiger partial charge in [-0.1, -0.05) is 60.7 Å². The van der Waals surface area contributed by atoms with Gasteiger partial charge < -0.3 is 24.8 Å². The van der Waals surface area contributed by atoms with Gasteiger partial charge >= 0.3 is 18.0 Å². The molecule has 0 aliphatic carbocycles. The molecule has 9 nitrogen and oxygen atoms in total. The molecule has 2 N–H and O–H groups in total. The van der Waals surface area contributed by atoms with Crippen molar-refractivity contribution in [1.82, 2.24) is 10.6 Å². The van der Waals surface area contributed by atoms with Gasteiger partial charge in [0.25, 0.3) is 0 Å². The van der Waals surface area contributed by atoms with Crippen LogP contribution in [0.15, 0.2) is 60.7 Å². The summed E-state index contributed by atoms with van der Waals surface area (Å²) in [5.74, 6) is -2.12. The average Bonchev–Trinajstić information content (AvgIpc) is 2.81. The predicted octanol–water partition coefficient (Wildman–Crippen LogP) is 2.91. The van der Waals surface area contributed by atoms with Crippen molar-refractivity contribution >= 4 is 23.9 Å². The van der Waals surface area contributed by atoms with Crippen molar-refractivity contribution < 1.29 is 33.4 Å². The van der Waals surface area contributed by atoms with Crippen molar-refractivity contribution in [2.24, 2.45) is 0 Å². The summed E-state index contributed by atoms with van der Waals surface area (Å²) in [5, 5.41) is 4.97. The van der Waals surface area contributed by atoms with Gasteiger partial charge in [-0.15, -0.1) is 0 Å². The molecule has 2 rings (SSSR count). The first kappa shape index (κ1) is 27.4. The molecule has 0 bridgehead atoms. The van der Waals surface area contributed by atoms with Crippen molar-refractivity contribution in [2.75, 3.05) is 7.11 Å². The van der Waals surface area contributed by atoms with Crippen LogP contribution >= 0.6 is 0 Å². The van der Waals surface area contributed by atoms with Gasteiger partial charge in [0.05, 0.1) is 13.5 Å². The van der Waals surface area contributed by atoms with E-state index in [4.69, 9.17) is 14.2 Å². The van der Waals surface area contributed by atoms with Crippen molar-refractivity contribution in [2.45, 2.75) is 57.9 Å². The van der Waals surface area contributed by atoms with E-state index in [1.807, 2.05) is 24.3 Å². The van der Waals surface area contributed by atoms with Crippen molar-refractivity contribution in [3.63, 3.8) is 0 Å². The third kappa shape index (κ3) is 10.3. The smallest absolute Gasteiger partial charge is 0.408 e. The Balaban J connectivity index is 2.12. The summed E-state index contributed by atoms with van der Waals surface area (Å²) < 4.78 is 15.3. The van der Waals surface area contributed by atoms with Crippen LogP contribution in [0.4, 0.5) is 4.79 Å². The molecule has 0 saturated carbocycles. The van der Waals surface area contributed by atoms with Crippen LogP contribution in [0, 0.1) is 0 Å². The van der Waals surface area contributed by atoms with Crippen LogP contribution in [-0.2, 0) is 41.6 Å². The van der Waals surface area contributed by atoms with Crippen LogP contribution in [0.25, 0.3) is 0 Å². The molecule has 0 unspecified atom stereocenters. The number of ether oxygens (including phenoxy) is 3. The van der Waals surface area contributed by atoms with E-state index in [0.29, 0.717) is 0 Å². The Labute approximate surface area is 205 Å². The van der Waals surface area contributed by atoms with Gasteiger partial charge in [0, 0.05) is 6.42 Å².